The van der Waals surface area contributed by atoms with E-state index in [9.17, 15) is 14.9 Å². The van der Waals surface area contributed by atoms with Crippen LogP contribution >= 0.6 is 12.2 Å². The van der Waals surface area contributed by atoms with Gasteiger partial charge in [0.1, 0.15) is 5.82 Å². The molecule has 2 rings (SSSR count). The van der Waals surface area contributed by atoms with E-state index in [1.807, 2.05) is 13.0 Å². The van der Waals surface area contributed by atoms with Gasteiger partial charge in [0.25, 0.3) is 5.91 Å². The third-order valence-corrected chi connectivity index (χ3v) is 3.28. The van der Waals surface area contributed by atoms with E-state index in [2.05, 4.69) is 15.6 Å². The van der Waals surface area contributed by atoms with Crippen LogP contribution in [0.5, 0.6) is 5.75 Å². The van der Waals surface area contributed by atoms with Gasteiger partial charge in [0, 0.05) is 17.3 Å². The molecule has 0 aliphatic carbocycles. The van der Waals surface area contributed by atoms with E-state index >= 15 is 0 Å². The number of ether oxygens (including phenoxy) is 1. The maximum absolute atomic E-state index is 12.2. The van der Waals surface area contributed by atoms with Crippen molar-refractivity contribution in [1.82, 2.24) is 10.3 Å². The van der Waals surface area contributed by atoms with Gasteiger partial charge in [-0.1, -0.05) is 6.07 Å². The van der Waals surface area contributed by atoms with Crippen molar-refractivity contribution in [3.8, 4) is 5.75 Å². The van der Waals surface area contributed by atoms with E-state index in [4.69, 9.17) is 17.0 Å². The van der Waals surface area contributed by atoms with Crippen molar-refractivity contribution in [1.29, 1.82) is 0 Å². The molecule has 1 aromatic carbocycles. The molecule has 9 heteroatoms. The Labute approximate surface area is 149 Å². The van der Waals surface area contributed by atoms with Crippen LogP contribution in [0.3, 0.4) is 0 Å². The second kappa shape index (κ2) is 8.15. The molecule has 2 N–H and O–H groups in total. The Morgan fingerprint density at radius 1 is 1.36 bits per heavy atom. The summed E-state index contributed by atoms with van der Waals surface area (Å²) in [7, 11) is 0. The summed E-state index contributed by atoms with van der Waals surface area (Å²) in [6, 6.07) is 9.29. The van der Waals surface area contributed by atoms with Gasteiger partial charge < -0.3 is 10.1 Å². The number of benzene rings is 1. The molecule has 1 heterocycles. The fourth-order valence-electron chi connectivity index (χ4n) is 2.01. The van der Waals surface area contributed by atoms with Crippen LogP contribution in [0.25, 0.3) is 0 Å². The van der Waals surface area contributed by atoms with Gasteiger partial charge in [-0.25, -0.2) is 4.98 Å². The van der Waals surface area contributed by atoms with Crippen LogP contribution in [0, 0.1) is 17.0 Å². The predicted octanol–water partition coefficient (Wildman–Crippen LogP) is 2.82. The first-order chi connectivity index (χ1) is 11.9. The average Bonchev–Trinajstić information content (AvgIpc) is 2.55. The number of hydrogen-bond donors (Lipinski definition) is 2. The minimum atomic E-state index is -0.602. The molecule has 2 aromatic rings. The number of carbonyl (C=O) groups excluding carboxylic acids is 1. The average molecular weight is 360 g/mol. The van der Waals surface area contributed by atoms with Crippen molar-refractivity contribution < 1.29 is 14.5 Å². The Morgan fingerprint density at radius 2 is 2.12 bits per heavy atom. The van der Waals surface area contributed by atoms with Gasteiger partial charge in [0.2, 0.25) is 0 Å². The maximum atomic E-state index is 12.2. The van der Waals surface area contributed by atoms with Crippen LogP contribution < -0.4 is 15.4 Å². The Hall–Kier alpha value is -3.07. The topological polar surface area (TPSA) is 106 Å². The van der Waals surface area contributed by atoms with Crippen LogP contribution in [0.4, 0.5) is 11.5 Å². The first kappa shape index (κ1) is 18.3. The summed E-state index contributed by atoms with van der Waals surface area (Å²) in [5.74, 6) is 0.0213. The summed E-state index contributed by atoms with van der Waals surface area (Å²) >= 11 is 5.07. The number of anilines is 1. The highest BCUT2D eigenvalue weighted by Gasteiger charge is 2.19. The molecule has 0 fully saturated rings. The molecule has 0 radical (unpaired) electrons. The molecule has 0 saturated carbocycles. The van der Waals surface area contributed by atoms with Crippen molar-refractivity contribution in [3.05, 3.63) is 57.8 Å². The summed E-state index contributed by atoms with van der Waals surface area (Å²) in [4.78, 5) is 27.0. The van der Waals surface area contributed by atoms with Crippen molar-refractivity contribution in [2.24, 2.45) is 0 Å². The molecule has 0 aliphatic rings. The standard InChI is InChI=1S/C16H16N4O4S/c1-3-24-13-8-7-11(9-12(13)20(22)23)15(21)19-16(25)18-14-6-4-5-10(2)17-14/h4-9H,3H2,1-2H3,(H2,17,18,19,21,25). The lowest BCUT2D eigenvalue weighted by Crippen LogP contribution is -2.34. The first-order valence-electron chi connectivity index (χ1n) is 7.38. The predicted molar refractivity (Wildman–Crippen MR) is 96.9 cm³/mol. The van der Waals surface area contributed by atoms with Crippen LogP contribution in [0.2, 0.25) is 0 Å². The number of nitro benzene ring substituents is 1. The molecular weight excluding hydrogens is 344 g/mol. The number of aryl methyl sites for hydroxylation is 1. The zero-order valence-electron chi connectivity index (χ0n) is 13.6. The molecule has 130 valence electrons. The number of pyridine rings is 1. The zero-order valence-corrected chi connectivity index (χ0v) is 14.4. The van der Waals surface area contributed by atoms with Gasteiger partial charge in [0.15, 0.2) is 10.9 Å². The molecule has 0 spiro atoms. The molecule has 1 amide bonds. The minimum Gasteiger partial charge on any atom is -0.487 e. The van der Waals surface area contributed by atoms with Gasteiger partial charge in [-0.2, -0.15) is 0 Å². The van der Waals surface area contributed by atoms with Crippen LogP contribution in [0.1, 0.15) is 23.0 Å². The summed E-state index contributed by atoms with van der Waals surface area (Å²) in [5.41, 5.74) is 0.603. The Balaban J connectivity index is 2.10. The highest BCUT2D eigenvalue weighted by molar-refractivity contribution is 7.80. The molecule has 0 unspecified atom stereocenters. The van der Waals surface area contributed by atoms with Crippen LogP contribution in [-0.4, -0.2) is 27.5 Å². The summed E-state index contributed by atoms with van der Waals surface area (Å²) in [6.07, 6.45) is 0. The van der Waals surface area contributed by atoms with Crippen molar-refractivity contribution in [3.63, 3.8) is 0 Å². The minimum absolute atomic E-state index is 0.0413. The fraction of sp³-hybridized carbons (Fsp3) is 0.188. The molecule has 0 aliphatic heterocycles. The number of amides is 1. The Kier molecular flexibility index (Phi) is 5.96. The lowest BCUT2D eigenvalue weighted by molar-refractivity contribution is -0.385. The fourth-order valence-corrected chi connectivity index (χ4v) is 2.21. The van der Waals surface area contributed by atoms with E-state index in [1.54, 1.807) is 19.1 Å². The van der Waals surface area contributed by atoms with Gasteiger partial charge >= 0.3 is 5.69 Å². The number of hydrogen-bond acceptors (Lipinski definition) is 6. The molecule has 25 heavy (non-hydrogen) atoms. The van der Waals surface area contributed by atoms with Crippen molar-refractivity contribution in [2.45, 2.75) is 13.8 Å². The molecule has 0 bridgehead atoms. The van der Waals surface area contributed by atoms with Crippen LogP contribution in [-0.2, 0) is 0 Å². The largest absolute Gasteiger partial charge is 0.487 e. The smallest absolute Gasteiger partial charge is 0.311 e. The van der Waals surface area contributed by atoms with Crippen LogP contribution in [0.15, 0.2) is 36.4 Å². The summed E-state index contributed by atoms with van der Waals surface area (Å²) < 4.78 is 5.18. The van der Waals surface area contributed by atoms with Crippen molar-refractivity contribution >= 4 is 34.7 Å². The Bertz CT molecular complexity index is 826. The summed E-state index contributed by atoms with van der Waals surface area (Å²) in [5, 5.41) is 16.4. The molecule has 8 nitrogen and oxygen atoms in total. The number of nitrogens with zero attached hydrogens (tertiary/aromatic N) is 2. The zero-order chi connectivity index (χ0) is 18.4. The molecule has 0 atom stereocenters. The number of thiocarbonyl (C=S) groups is 1. The number of nitrogens with one attached hydrogen (secondary N) is 2. The number of aromatic nitrogens is 1. The van der Waals surface area contributed by atoms with Gasteiger partial charge in [-0.3, -0.25) is 20.2 Å². The van der Waals surface area contributed by atoms with Gasteiger partial charge in [-0.05, 0) is 50.3 Å². The van der Waals surface area contributed by atoms with E-state index in [0.717, 1.165) is 11.8 Å². The monoisotopic (exact) mass is 360 g/mol. The highest BCUT2D eigenvalue weighted by Crippen LogP contribution is 2.27. The first-order valence-corrected chi connectivity index (χ1v) is 7.78. The third-order valence-electron chi connectivity index (χ3n) is 3.07. The van der Waals surface area contributed by atoms with E-state index in [-0.39, 0.29) is 28.7 Å². The Morgan fingerprint density at radius 3 is 2.76 bits per heavy atom. The third kappa shape index (κ3) is 4.95. The van der Waals surface area contributed by atoms with Crippen molar-refractivity contribution in [2.75, 3.05) is 11.9 Å². The van der Waals surface area contributed by atoms with Gasteiger partial charge in [0.05, 0.1) is 11.5 Å². The number of rotatable bonds is 5. The molecular formula is C16H16N4O4S. The number of nitro groups is 1. The second-order valence-electron chi connectivity index (χ2n) is 4.95. The molecule has 1 aromatic heterocycles. The van der Waals surface area contributed by atoms with E-state index in [0.29, 0.717) is 5.82 Å². The van der Waals surface area contributed by atoms with E-state index in [1.165, 1.54) is 12.1 Å². The quantitative estimate of drug-likeness (QED) is 0.480. The second-order valence-corrected chi connectivity index (χ2v) is 5.35. The number of carbonyl (C=O) groups is 1. The lowest BCUT2D eigenvalue weighted by atomic mass is 10.1. The molecule has 0 saturated heterocycles. The normalized spacial score (nSPS) is 10.0. The summed E-state index contributed by atoms with van der Waals surface area (Å²) in [6.45, 7) is 3.82. The highest BCUT2D eigenvalue weighted by atomic mass is 32.1. The van der Waals surface area contributed by atoms with Gasteiger partial charge in [-0.15, -0.1) is 0 Å². The van der Waals surface area contributed by atoms with E-state index < -0.39 is 10.8 Å². The maximum Gasteiger partial charge on any atom is 0.311 e. The lowest BCUT2D eigenvalue weighted by Gasteiger charge is -2.10. The SMILES string of the molecule is CCOc1ccc(C(=O)NC(=S)Nc2cccc(C)n2)cc1[N+](=O)[O-].